The van der Waals surface area contributed by atoms with Crippen LogP contribution in [0.2, 0.25) is 0 Å². The van der Waals surface area contributed by atoms with Crippen LogP contribution in [0.1, 0.15) is 30.1 Å². The van der Waals surface area contributed by atoms with Crippen LogP contribution in [0.25, 0.3) is 0 Å². The van der Waals surface area contributed by atoms with E-state index in [4.69, 9.17) is 0 Å². The Kier molecular flexibility index (Phi) is 5.97. The normalized spacial score (nSPS) is 19.6. The van der Waals surface area contributed by atoms with E-state index in [2.05, 4.69) is 26.6 Å². The maximum atomic E-state index is 12.5. The summed E-state index contributed by atoms with van der Waals surface area (Å²) in [5, 5.41) is 5.99. The average molecular weight is 368 g/mol. The Labute approximate surface area is 139 Å². The Morgan fingerprint density at radius 2 is 2.00 bits per heavy atom. The lowest BCUT2D eigenvalue weighted by molar-refractivity contribution is -0.134. The molecule has 6 heteroatoms. The van der Waals surface area contributed by atoms with Gasteiger partial charge in [0.25, 0.3) is 5.91 Å². The van der Waals surface area contributed by atoms with Gasteiger partial charge in [0, 0.05) is 29.2 Å². The van der Waals surface area contributed by atoms with Gasteiger partial charge in [-0.05, 0) is 51.1 Å². The zero-order valence-corrected chi connectivity index (χ0v) is 14.5. The van der Waals surface area contributed by atoms with Crippen LogP contribution in [0.4, 0.5) is 0 Å². The molecule has 0 saturated carbocycles. The van der Waals surface area contributed by atoms with E-state index in [1.165, 1.54) is 0 Å². The van der Waals surface area contributed by atoms with Gasteiger partial charge in [-0.2, -0.15) is 0 Å². The van der Waals surface area contributed by atoms with E-state index in [-0.39, 0.29) is 11.8 Å². The lowest BCUT2D eigenvalue weighted by Crippen LogP contribution is -2.53. The molecule has 22 heavy (non-hydrogen) atoms. The average Bonchev–Trinajstić information content (AvgIpc) is 2.54. The summed E-state index contributed by atoms with van der Waals surface area (Å²) in [5.74, 6) is -0.249. The van der Waals surface area contributed by atoms with Gasteiger partial charge in [0.15, 0.2) is 0 Å². The number of rotatable bonds is 4. The largest absolute Gasteiger partial charge is 0.341 e. The molecule has 1 aromatic rings. The van der Waals surface area contributed by atoms with Crippen LogP contribution in [-0.2, 0) is 4.79 Å². The van der Waals surface area contributed by atoms with Crippen LogP contribution in [0.5, 0.6) is 0 Å². The number of hydrogen-bond donors (Lipinski definition) is 2. The highest BCUT2D eigenvalue weighted by Gasteiger charge is 2.27. The van der Waals surface area contributed by atoms with E-state index in [1.807, 2.05) is 24.1 Å². The highest BCUT2D eigenvalue weighted by atomic mass is 79.9. The molecule has 1 heterocycles. The molecular formula is C16H22BrN3O2. The maximum absolute atomic E-state index is 12.5. The number of halogens is 1. The molecule has 0 aliphatic carbocycles. The van der Waals surface area contributed by atoms with Crippen molar-refractivity contribution in [2.75, 3.05) is 20.1 Å². The highest BCUT2D eigenvalue weighted by molar-refractivity contribution is 9.10. The van der Waals surface area contributed by atoms with Crippen LogP contribution in [0.15, 0.2) is 28.7 Å². The molecule has 0 bridgehead atoms. The predicted molar refractivity (Wildman–Crippen MR) is 89.7 cm³/mol. The molecule has 1 aliphatic rings. The SMILES string of the molecule is CNC1CCCN(C(=O)C(C)NC(=O)c2ccc(Br)cc2)C1. The number of hydrogen-bond acceptors (Lipinski definition) is 3. The monoisotopic (exact) mass is 367 g/mol. The molecule has 1 fully saturated rings. The molecule has 1 saturated heterocycles. The van der Waals surface area contributed by atoms with Gasteiger partial charge in [0.05, 0.1) is 0 Å². The number of nitrogens with one attached hydrogen (secondary N) is 2. The lowest BCUT2D eigenvalue weighted by atomic mass is 10.1. The van der Waals surface area contributed by atoms with Gasteiger partial charge in [0.1, 0.15) is 6.04 Å². The Balaban J connectivity index is 1.93. The van der Waals surface area contributed by atoms with Crippen LogP contribution in [-0.4, -0.2) is 48.9 Å². The van der Waals surface area contributed by atoms with Crippen molar-refractivity contribution < 1.29 is 9.59 Å². The first-order valence-corrected chi connectivity index (χ1v) is 8.33. The fraction of sp³-hybridized carbons (Fsp3) is 0.500. The van der Waals surface area contributed by atoms with Crippen molar-refractivity contribution in [3.8, 4) is 0 Å². The first-order valence-electron chi connectivity index (χ1n) is 7.53. The minimum Gasteiger partial charge on any atom is -0.341 e. The molecule has 2 unspecified atom stereocenters. The summed E-state index contributed by atoms with van der Waals surface area (Å²) in [4.78, 5) is 26.5. The Morgan fingerprint density at radius 1 is 1.32 bits per heavy atom. The molecule has 0 aromatic heterocycles. The Hall–Kier alpha value is -1.40. The highest BCUT2D eigenvalue weighted by Crippen LogP contribution is 2.12. The second kappa shape index (κ2) is 7.74. The topological polar surface area (TPSA) is 61.4 Å². The van der Waals surface area contributed by atoms with Gasteiger partial charge >= 0.3 is 0 Å². The fourth-order valence-electron chi connectivity index (χ4n) is 2.63. The zero-order chi connectivity index (χ0) is 16.1. The summed E-state index contributed by atoms with van der Waals surface area (Å²) in [5.41, 5.74) is 0.551. The van der Waals surface area contributed by atoms with E-state index in [1.54, 1.807) is 19.1 Å². The first kappa shape index (κ1) is 17.0. The van der Waals surface area contributed by atoms with Crippen LogP contribution in [0, 0.1) is 0 Å². The number of carbonyl (C=O) groups is 2. The molecule has 0 spiro atoms. The van der Waals surface area contributed by atoms with Gasteiger partial charge in [-0.15, -0.1) is 0 Å². The van der Waals surface area contributed by atoms with E-state index in [0.717, 1.165) is 23.9 Å². The number of nitrogens with zero attached hydrogens (tertiary/aromatic N) is 1. The van der Waals surface area contributed by atoms with Crippen molar-refractivity contribution in [2.24, 2.45) is 0 Å². The number of likely N-dealkylation sites (tertiary alicyclic amines) is 1. The summed E-state index contributed by atoms with van der Waals surface area (Å²) in [6.07, 6.45) is 2.07. The van der Waals surface area contributed by atoms with E-state index >= 15 is 0 Å². The number of amides is 2. The van der Waals surface area contributed by atoms with Crippen LogP contribution < -0.4 is 10.6 Å². The molecule has 2 amide bonds. The third-order valence-corrected chi connectivity index (χ3v) is 4.49. The van der Waals surface area contributed by atoms with E-state index < -0.39 is 6.04 Å². The number of likely N-dealkylation sites (N-methyl/N-ethyl adjacent to an activating group) is 1. The molecule has 2 atom stereocenters. The second-order valence-corrected chi connectivity index (χ2v) is 6.53. The summed E-state index contributed by atoms with van der Waals surface area (Å²) < 4.78 is 0.916. The molecule has 5 nitrogen and oxygen atoms in total. The third-order valence-electron chi connectivity index (χ3n) is 3.97. The second-order valence-electron chi connectivity index (χ2n) is 5.61. The molecule has 2 N–H and O–H groups in total. The lowest BCUT2D eigenvalue weighted by Gasteiger charge is -2.34. The summed E-state index contributed by atoms with van der Waals surface area (Å²) in [6, 6.07) is 6.90. The molecule has 1 aromatic carbocycles. The minimum absolute atomic E-state index is 0.0228. The fourth-order valence-corrected chi connectivity index (χ4v) is 2.89. The van der Waals surface area contributed by atoms with Crippen LogP contribution >= 0.6 is 15.9 Å². The number of piperidine rings is 1. The van der Waals surface area contributed by atoms with Crippen molar-refractivity contribution in [1.82, 2.24) is 15.5 Å². The predicted octanol–water partition coefficient (Wildman–Crippen LogP) is 1.78. The summed E-state index contributed by atoms with van der Waals surface area (Å²) in [6.45, 7) is 3.20. The molecular weight excluding hydrogens is 346 g/mol. The van der Waals surface area contributed by atoms with Gasteiger partial charge in [-0.25, -0.2) is 0 Å². The molecule has 120 valence electrons. The van der Waals surface area contributed by atoms with Gasteiger partial charge in [0.2, 0.25) is 5.91 Å². The van der Waals surface area contributed by atoms with E-state index in [9.17, 15) is 9.59 Å². The Bertz CT molecular complexity index is 533. The first-order chi connectivity index (χ1) is 10.5. The number of carbonyl (C=O) groups excluding carboxylic acids is 2. The van der Waals surface area contributed by atoms with Crippen LogP contribution in [0.3, 0.4) is 0 Å². The standard InChI is InChI=1S/C16H22BrN3O2/c1-11(16(22)20-9-3-4-14(10-20)18-2)19-15(21)12-5-7-13(17)8-6-12/h5-8,11,14,18H,3-4,9-10H2,1-2H3,(H,19,21). The van der Waals surface area contributed by atoms with Gasteiger partial charge in [-0.3, -0.25) is 9.59 Å². The maximum Gasteiger partial charge on any atom is 0.251 e. The molecule has 1 aliphatic heterocycles. The van der Waals surface area contributed by atoms with Crippen molar-refractivity contribution in [3.63, 3.8) is 0 Å². The quantitative estimate of drug-likeness (QED) is 0.852. The Morgan fingerprint density at radius 3 is 2.64 bits per heavy atom. The minimum atomic E-state index is -0.522. The van der Waals surface area contributed by atoms with Crippen molar-refractivity contribution in [3.05, 3.63) is 34.3 Å². The van der Waals surface area contributed by atoms with Crippen molar-refractivity contribution in [1.29, 1.82) is 0 Å². The third kappa shape index (κ3) is 4.30. The smallest absolute Gasteiger partial charge is 0.251 e. The van der Waals surface area contributed by atoms with Crippen molar-refractivity contribution >= 4 is 27.7 Å². The van der Waals surface area contributed by atoms with Crippen molar-refractivity contribution in [2.45, 2.75) is 31.8 Å². The number of benzene rings is 1. The van der Waals surface area contributed by atoms with E-state index in [0.29, 0.717) is 18.2 Å². The zero-order valence-electron chi connectivity index (χ0n) is 12.9. The summed E-state index contributed by atoms with van der Waals surface area (Å²) in [7, 11) is 1.91. The molecule has 0 radical (unpaired) electrons. The van der Waals surface area contributed by atoms with Gasteiger partial charge < -0.3 is 15.5 Å². The van der Waals surface area contributed by atoms with Gasteiger partial charge in [-0.1, -0.05) is 15.9 Å². The molecule has 2 rings (SSSR count). The summed E-state index contributed by atoms with van der Waals surface area (Å²) >= 11 is 3.33.